The number of hydrogen-bond donors (Lipinski definition) is 0. The van der Waals surface area contributed by atoms with Crippen molar-refractivity contribution in [2.45, 2.75) is 103 Å². The predicted molar refractivity (Wildman–Crippen MR) is 162 cm³/mol. The number of esters is 4. The summed E-state index contributed by atoms with van der Waals surface area (Å²) in [6, 6.07) is 19.2. The van der Waals surface area contributed by atoms with Gasteiger partial charge in [-0.1, -0.05) is 60.7 Å². The molecule has 0 amide bonds. The van der Waals surface area contributed by atoms with E-state index in [-0.39, 0.29) is 39.3 Å². The Hall–Kier alpha value is -3.88. The molecule has 2 aromatic carbocycles. The third kappa shape index (κ3) is 11.7. The standard InChI is InChI=1S/C34H42O13/c1-21(35)39-19-29-33(47-32-16-28(43-23(3)37)34(44-24(4)38)30(46-32)20-40-22(2)36)27(41-17-25-11-7-5-8-12-25)15-31(45-29)42-18-26-13-9-6-10-14-26/h5-14,27-34H,15-20H2,1-4H3. The number of ether oxygens (including phenoxy) is 9. The third-order valence-corrected chi connectivity index (χ3v) is 7.38. The van der Waals surface area contributed by atoms with E-state index < -0.39 is 73.1 Å². The van der Waals surface area contributed by atoms with Crippen LogP contribution in [0.3, 0.4) is 0 Å². The van der Waals surface area contributed by atoms with Crippen LogP contribution < -0.4 is 0 Å². The molecule has 2 heterocycles. The van der Waals surface area contributed by atoms with Gasteiger partial charge in [0, 0.05) is 40.5 Å². The van der Waals surface area contributed by atoms with E-state index in [9.17, 15) is 19.2 Å². The molecule has 2 aliphatic heterocycles. The Labute approximate surface area is 273 Å². The lowest BCUT2D eigenvalue weighted by Crippen LogP contribution is -2.58. The number of rotatable bonds is 14. The van der Waals surface area contributed by atoms with Gasteiger partial charge in [-0.3, -0.25) is 19.2 Å². The quantitative estimate of drug-likeness (QED) is 0.216. The average molecular weight is 659 g/mol. The first kappa shape index (κ1) is 36.0. The van der Waals surface area contributed by atoms with E-state index in [4.69, 9.17) is 42.6 Å². The lowest BCUT2D eigenvalue weighted by atomic mass is 9.99. The van der Waals surface area contributed by atoms with Gasteiger partial charge in [0.1, 0.15) is 37.6 Å². The number of hydrogen-bond acceptors (Lipinski definition) is 13. The van der Waals surface area contributed by atoms with E-state index in [0.717, 1.165) is 11.1 Å². The van der Waals surface area contributed by atoms with Gasteiger partial charge in [0.05, 0.1) is 19.3 Å². The van der Waals surface area contributed by atoms with Crippen molar-refractivity contribution in [3.8, 4) is 0 Å². The fourth-order valence-corrected chi connectivity index (χ4v) is 5.37. The van der Waals surface area contributed by atoms with Crippen LogP contribution in [0, 0.1) is 0 Å². The first-order valence-electron chi connectivity index (χ1n) is 15.5. The summed E-state index contributed by atoms with van der Waals surface area (Å²) in [7, 11) is 0. The third-order valence-electron chi connectivity index (χ3n) is 7.38. The van der Waals surface area contributed by atoms with E-state index in [0.29, 0.717) is 0 Å². The molecule has 0 aromatic heterocycles. The molecule has 47 heavy (non-hydrogen) atoms. The van der Waals surface area contributed by atoms with Gasteiger partial charge in [-0.05, 0) is 11.1 Å². The molecule has 2 fully saturated rings. The molecular weight excluding hydrogens is 616 g/mol. The Morgan fingerprint density at radius 2 is 1.09 bits per heavy atom. The highest BCUT2D eigenvalue weighted by Gasteiger charge is 2.48. The van der Waals surface area contributed by atoms with Crippen molar-refractivity contribution in [3.05, 3.63) is 71.8 Å². The van der Waals surface area contributed by atoms with E-state index in [1.807, 2.05) is 60.7 Å². The Kier molecular flexibility index (Phi) is 13.7. The number of carbonyl (C=O) groups is 4. The first-order valence-corrected chi connectivity index (χ1v) is 15.5. The van der Waals surface area contributed by atoms with Crippen LogP contribution in [-0.2, 0) is 75.0 Å². The molecule has 13 nitrogen and oxygen atoms in total. The highest BCUT2D eigenvalue weighted by molar-refractivity contribution is 5.68. The van der Waals surface area contributed by atoms with Crippen LogP contribution in [0.4, 0.5) is 0 Å². The van der Waals surface area contributed by atoms with Crippen LogP contribution in [-0.4, -0.2) is 86.3 Å². The molecule has 2 aliphatic rings. The molecule has 8 atom stereocenters. The van der Waals surface area contributed by atoms with Crippen molar-refractivity contribution in [1.29, 1.82) is 0 Å². The fraction of sp³-hybridized carbons (Fsp3) is 0.529. The van der Waals surface area contributed by atoms with Crippen molar-refractivity contribution in [2.24, 2.45) is 0 Å². The van der Waals surface area contributed by atoms with Crippen LogP contribution in [0.25, 0.3) is 0 Å². The van der Waals surface area contributed by atoms with Gasteiger partial charge in [-0.2, -0.15) is 0 Å². The summed E-state index contributed by atoms with van der Waals surface area (Å²) in [5.41, 5.74) is 1.87. The molecule has 0 spiro atoms. The summed E-state index contributed by atoms with van der Waals surface area (Å²) in [5.74, 6) is -2.35. The van der Waals surface area contributed by atoms with E-state index in [1.165, 1.54) is 27.7 Å². The lowest BCUT2D eigenvalue weighted by Gasteiger charge is -2.45. The highest BCUT2D eigenvalue weighted by Crippen LogP contribution is 2.33. The Bertz CT molecular complexity index is 1300. The molecule has 8 unspecified atom stereocenters. The van der Waals surface area contributed by atoms with Crippen molar-refractivity contribution in [2.75, 3.05) is 13.2 Å². The summed E-state index contributed by atoms with van der Waals surface area (Å²) in [6.07, 6.45) is -7.04. The molecule has 4 rings (SSSR count). The molecule has 0 bridgehead atoms. The smallest absolute Gasteiger partial charge is 0.303 e. The van der Waals surface area contributed by atoms with Crippen molar-refractivity contribution in [3.63, 3.8) is 0 Å². The Morgan fingerprint density at radius 1 is 0.596 bits per heavy atom. The van der Waals surface area contributed by atoms with Gasteiger partial charge >= 0.3 is 23.9 Å². The Morgan fingerprint density at radius 3 is 1.62 bits per heavy atom. The van der Waals surface area contributed by atoms with Crippen LogP contribution in [0.15, 0.2) is 60.7 Å². The van der Waals surface area contributed by atoms with Crippen LogP contribution in [0.2, 0.25) is 0 Å². The highest BCUT2D eigenvalue weighted by atomic mass is 16.7. The molecule has 0 radical (unpaired) electrons. The van der Waals surface area contributed by atoms with Gasteiger partial charge in [0.25, 0.3) is 0 Å². The van der Waals surface area contributed by atoms with E-state index in [1.54, 1.807) is 0 Å². The molecule has 13 heteroatoms. The van der Waals surface area contributed by atoms with Gasteiger partial charge in [-0.15, -0.1) is 0 Å². The maximum atomic E-state index is 12.1. The van der Waals surface area contributed by atoms with Crippen molar-refractivity contribution >= 4 is 23.9 Å². The summed E-state index contributed by atoms with van der Waals surface area (Å²) in [5, 5.41) is 0. The normalized spacial score (nSPS) is 27.3. The van der Waals surface area contributed by atoms with Gasteiger partial charge in [0.2, 0.25) is 0 Å². The average Bonchev–Trinajstić information content (AvgIpc) is 3.03. The molecule has 0 aliphatic carbocycles. The van der Waals surface area contributed by atoms with Crippen LogP contribution >= 0.6 is 0 Å². The van der Waals surface area contributed by atoms with Gasteiger partial charge in [0.15, 0.2) is 18.7 Å². The molecular formula is C34H42O13. The summed E-state index contributed by atoms with van der Waals surface area (Å²) in [6.45, 7) is 4.98. The SMILES string of the molecule is CC(=O)OCC1OC(OC2C(OCc3ccccc3)CC(OCc3ccccc3)OC2COC(C)=O)CC(OC(C)=O)C1OC(C)=O. The number of carbonyl (C=O) groups excluding carboxylic acids is 4. The lowest BCUT2D eigenvalue weighted by molar-refractivity contribution is -0.327. The minimum Gasteiger partial charge on any atom is -0.463 e. The second-order valence-corrected chi connectivity index (χ2v) is 11.2. The monoisotopic (exact) mass is 658 g/mol. The van der Waals surface area contributed by atoms with E-state index in [2.05, 4.69) is 0 Å². The Balaban J connectivity index is 1.59. The van der Waals surface area contributed by atoms with Crippen molar-refractivity contribution < 1.29 is 61.8 Å². The second kappa shape index (κ2) is 17.9. The maximum absolute atomic E-state index is 12.1. The van der Waals surface area contributed by atoms with Crippen LogP contribution in [0.5, 0.6) is 0 Å². The zero-order valence-corrected chi connectivity index (χ0v) is 26.9. The van der Waals surface area contributed by atoms with Gasteiger partial charge in [-0.25, -0.2) is 0 Å². The molecule has 2 aromatic rings. The van der Waals surface area contributed by atoms with Gasteiger partial charge < -0.3 is 42.6 Å². The molecule has 2 saturated heterocycles. The summed E-state index contributed by atoms with van der Waals surface area (Å²) < 4.78 is 53.0. The topological polar surface area (TPSA) is 151 Å². The first-order chi connectivity index (χ1) is 22.6. The van der Waals surface area contributed by atoms with E-state index >= 15 is 0 Å². The molecule has 0 saturated carbocycles. The fourth-order valence-electron chi connectivity index (χ4n) is 5.37. The number of benzene rings is 2. The zero-order chi connectivity index (χ0) is 33.8. The molecule has 256 valence electrons. The predicted octanol–water partition coefficient (Wildman–Crippen LogP) is 3.39. The van der Waals surface area contributed by atoms with Crippen LogP contribution in [0.1, 0.15) is 51.7 Å². The minimum atomic E-state index is -1.07. The second-order valence-electron chi connectivity index (χ2n) is 11.2. The zero-order valence-electron chi connectivity index (χ0n) is 26.9. The minimum absolute atomic E-state index is 0.0375. The maximum Gasteiger partial charge on any atom is 0.303 e. The molecule has 0 N–H and O–H groups in total. The summed E-state index contributed by atoms with van der Waals surface area (Å²) in [4.78, 5) is 47.5. The summed E-state index contributed by atoms with van der Waals surface area (Å²) >= 11 is 0. The van der Waals surface area contributed by atoms with Crippen molar-refractivity contribution in [1.82, 2.24) is 0 Å². The largest absolute Gasteiger partial charge is 0.463 e.